The summed E-state index contributed by atoms with van der Waals surface area (Å²) < 4.78 is 7.03. The highest BCUT2D eigenvalue weighted by molar-refractivity contribution is 6.13. The number of fused-ring (bicyclic) bond motifs is 5. The van der Waals surface area contributed by atoms with Crippen LogP contribution in [0.1, 0.15) is 17.3 Å². The van der Waals surface area contributed by atoms with Crippen molar-refractivity contribution in [2.45, 2.75) is 6.92 Å². The fourth-order valence-electron chi connectivity index (χ4n) is 3.01. The van der Waals surface area contributed by atoms with Gasteiger partial charge in [-0.15, -0.1) is 0 Å². The number of imidazole rings is 1. The van der Waals surface area contributed by atoms with Crippen LogP contribution >= 0.6 is 0 Å². The second-order valence-corrected chi connectivity index (χ2v) is 5.29. The molecule has 4 rings (SSSR count). The predicted molar refractivity (Wildman–Crippen MR) is 90.6 cm³/mol. The van der Waals surface area contributed by atoms with Crippen LogP contribution in [0, 0.1) is 0 Å². The van der Waals surface area contributed by atoms with E-state index < -0.39 is 5.97 Å². The number of hydrogen-bond acceptors (Lipinski definition) is 4. The van der Waals surface area contributed by atoms with Gasteiger partial charge < -0.3 is 10.5 Å². The van der Waals surface area contributed by atoms with Gasteiger partial charge in [-0.3, -0.25) is 4.40 Å². The number of nitrogen functional groups attached to an aromatic ring is 1. The van der Waals surface area contributed by atoms with Gasteiger partial charge in [0.25, 0.3) is 0 Å². The number of carbonyl (C=O) groups excluding carboxylic acids is 1. The third-order valence-corrected chi connectivity index (χ3v) is 3.97. The SMILES string of the molecule is CCOC(=O)c1c(N)n2c3ccccc3nc2c2ccccc12. The Kier molecular flexibility index (Phi) is 2.94. The molecule has 0 atom stereocenters. The van der Waals surface area contributed by atoms with Crippen LogP contribution in [0.5, 0.6) is 0 Å². The number of benzene rings is 2. The number of pyridine rings is 1. The van der Waals surface area contributed by atoms with Gasteiger partial charge in [-0.1, -0.05) is 36.4 Å². The number of hydrogen-bond donors (Lipinski definition) is 1. The summed E-state index contributed by atoms with van der Waals surface area (Å²) in [6, 6.07) is 15.3. The minimum Gasteiger partial charge on any atom is -0.462 e. The van der Waals surface area contributed by atoms with Gasteiger partial charge in [-0.2, -0.15) is 0 Å². The average Bonchev–Trinajstić information content (AvgIpc) is 2.95. The second-order valence-electron chi connectivity index (χ2n) is 5.29. The molecule has 5 nitrogen and oxygen atoms in total. The van der Waals surface area contributed by atoms with E-state index in [0.717, 1.165) is 27.5 Å². The fraction of sp³-hybridized carbons (Fsp3) is 0.111. The van der Waals surface area contributed by atoms with Gasteiger partial charge in [0.2, 0.25) is 0 Å². The molecule has 0 spiro atoms. The lowest BCUT2D eigenvalue weighted by Gasteiger charge is -2.12. The van der Waals surface area contributed by atoms with Crippen molar-refractivity contribution >= 4 is 39.2 Å². The molecule has 0 aliphatic rings. The Morgan fingerprint density at radius 2 is 1.83 bits per heavy atom. The van der Waals surface area contributed by atoms with Crippen LogP contribution in [0.3, 0.4) is 0 Å². The molecule has 2 heterocycles. The smallest absolute Gasteiger partial charge is 0.342 e. The van der Waals surface area contributed by atoms with Crippen molar-refractivity contribution in [1.29, 1.82) is 0 Å². The molecule has 0 aliphatic carbocycles. The summed E-state index contributed by atoms with van der Waals surface area (Å²) in [6.07, 6.45) is 0. The maximum absolute atomic E-state index is 12.4. The Bertz CT molecular complexity index is 1070. The van der Waals surface area contributed by atoms with Crippen LogP contribution in [-0.4, -0.2) is 22.0 Å². The first-order valence-corrected chi connectivity index (χ1v) is 7.47. The van der Waals surface area contributed by atoms with E-state index in [0.29, 0.717) is 18.0 Å². The summed E-state index contributed by atoms with van der Waals surface area (Å²) in [4.78, 5) is 17.1. The Hall–Kier alpha value is -3.08. The summed E-state index contributed by atoms with van der Waals surface area (Å²) in [5, 5.41) is 1.63. The number of anilines is 1. The first-order valence-electron chi connectivity index (χ1n) is 7.47. The first-order chi connectivity index (χ1) is 11.2. The van der Waals surface area contributed by atoms with Crippen LogP contribution in [0.25, 0.3) is 27.5 Å². The monoisotopic (exact) mass is 305 g/mol. The Morgan fingerprint density at radius 3 is 2.61 bits per heavy atom. The zero-order valence-corrected chi connectivity index (χ0v) is 12.6. The van der Waals surface area contributed by atoms with Crippen LogP contribution < -0.4 is 5.73 Å². The molecule has 4 aromatic rings. The number of nitrogens with two attached hydrogens (primary N) is 1. The molecule has 0 aliphatic heterocycles. The third kappa shape index (κ3) is 1.86. The molecule has 23 heavy (non-hydrogen) atoms. The molecule has 0 saturated carbocycles. The second kappa shape index (κ2) is 4.98. The summed E-state index contributed by atoms with van der Waals surface area (Å²) >= 11 is 0. The van der Waals surface area contributed by atoms with Gasteiger partial charge in [0, 0.05) is 10.8 Å². The van der Waals surface area contributed by atoms with Gasteiger partial charge in [0.15, 0.2) is 0 Å². The highest BCUT2D eigenvalue weighted by atomic mass is 16.5. The number of ether oxygens (including phenoxy) is 1. The van der Waals surface area contributed by atoms with E-state index in [1.165, 1.54) is 0 Å². The fourth-order valence-corrected chi connectivity index (χ4v) is 3.01. The van der Waals surface area contributed by atoms with Crippen LogP contribution in [0.2, 0.25) is 0 Å². The van der Waals surface area contributed by atoms with E-state index in [1.54, 1.807) is 6.92 Å². The molecule has 5 heteroatoms. The molecule has 2 aromatic carbocycles. The largest absolute Gasteiger partial charge is 0.462 e. The number of rotatable bonds is 2. The summed E-state index contributed by atoms with van der Waals surface area (Å²) in [7, 11) is 0. The van der Waals surface area contributed by atoms with Crippen molar-refractivity contribution in [2.75, 3.05) is 12.3 Å². The van der Waals surface area contributed by atoms with Crippen LogP contribution in [-0.2, 0) is 4.74 Å². The maximum Gasteiger partial charge on any atom is 0.342 e. The van der Waals surface area contributed by atoms with Gasteiger partial charge in [0.05, 0.1) is 17.6 Å². The van der Waals surface area contributed by atoms with Gasteiger partial charge in [-0.25, -0.2) is 9.78 Å². The number of esters is 1. The molecule has 2 aromatic heterocycles. The topological polar surface area (TPSA) is 69.6 Å². The highest BCUT2D eigenvalue weighted by Gasteiger charge is 2.21. The molecule has 0 unspecified atom stereocenters. The van der Waals surface area contributed by atoms with Crippen LogP contribution in [0.15, 0.2) is 48.5 Å². The minimum absolute atomic E-state index is 0.301. The standard InChI is InChI=1S/C18H15N3O2/c1-2-23-18(22)15-11-7-3-4-8-12(11)17-20-13-9-5-6-10-14(13)21(17)16(15)19/h3-10H,2,19H2,1H3. The minimum atomic E-state index is -0.416. The van der Waals surface area contributed by atoms with E-state index >= 15 is 0 Å². The molecule has 114 valence electrons. The number of nitrogens with zero attached hydrogens (tertiary/aromatic N) is 2. The van der Waals surface area contributed by atoms with Gasteiger partial charge in [-0.05, 0) is 19.1 Å². The van der Waals surface area contributed by atoms with E-state index in [9.17, 15) is 4.79 Å². The quantitative estimate of drug-likeness (QED) is 0.576. The van der Waals surface area contributed by atoms with Crippen molar-refractivity contribution in [1.82, 2.24) is 9.38 Å². The molecule has 0 radical (unpaired) electrons. The van der Waals surface area contributed by atoms with Crippen molar-refractivity contribution < 1.29 is 9.53 Å². The van der Waals surface area contributed by atoms with Crippen molar-refractivity contribution in [3.8, 4) is 0 Å². The molecule has 0 saturated heterocycles. The zero-order valence-electron chi connectivity index (χ0n) is 12.6. The van der Waals surface area contributed by atoms with Gasteiger partial charge >= 0.3 is 5.97 Å². The van der Waals surface area contributed by atoms with Crippen molar-refractivity contribution in [3.05, 3.63) is 54.1 Å². The lowest BCUT2D eigenvalue weighted by Crippen LogP contribution is -2.12. The summed E-state index contributed by atoms with van der Waals surface area (Å²) in [5.41, 5.74) is 9.19. The van der Waals surface area contributed by atoms with Crippen molar-refractivity contribution in [2.24, 2.45) is 0 Å². The molecular weight excluding hydrogens is 290 g/mol. The third-order valence-electron chi connectivity index (χ3n) is 3.97. The van der Waals surface area contributed by atoms with Gasteiger partial charge in [0.1, 0.15) is 17.0 Å². The number of aromatic nitrogens is 2. The number of carbonyl (C=O) groups is 1. The van der Waals surface area contributed by atoms with E-state index in [2.05, 4.69) is 4.98 Å². The lowest BCUT2D eigenvalue weighted by atomic mass is 10.1. The summed E-state index contributed by atoms with van der Waals surface area (Å²) in [6.45, 7) is 2.08. The first kappa shape index (κ1) is 13.6. The average molecular weight is 305 g/mol. The van der Waals surface area contributed by atoms with Crippen LogP contribution in [0.4, 0.5) is 5.82 Å². The number of para-hydroxylation sites is 2. The lowest BCUT2D eigenvalue weighted by molar-refractivity contribution is 0.0529. The zero-order chi connectivity index (χ0) is 16.0. The van der Waals surface area contributed by atoms with E-state index in [-0.39, 0.29) is 0 Å². The van der Waals surface area contributed by atoms with Crippen molar-refractivity contribution in [3.63, 3.8) is 0 Å². The Morgan fingerprint density at radius 1 is 1.13 bits per heavy atom. The maximum atomic E-state index is 12.4. The summed E-state index contributed by atoms with van der Waals surface area (Å²) in [5.74, 6) is -0.0632. The predicted octanol–water partition coefficient (Wildman–Crippen LogP) is 3.40. The molecule has 0 bridgehead atoms. The van der Waals surface area contributed by atoms with E-state index in [1.807, 2.05) is 52.9 Å². The Balaban J connectivity index is 2.25. The normalized spacial score (nSPS) is 11.3. The molecule has 0 fully saturated rings. The molecule has 0 amide bonds. The molecular formula is C18H15N3O2. The highest BCUT2D eigenvalue weighted by Crippen LogP contribution is 2.32. The van der Waals surface area contributed by atoms with E-state index in [4.69, 9.17) is 10.5 Å². The Labute approximate surface area is 132 Å². The molecule has 2 N–H and O–H groups in total.